The number of allylic oxidation sites excluding steroid dienone is 3. The topological polar surface area (TPSA) is 12.0 Å². The standard InChI is InChI=1S/C21H31N.ClH/c1-2-3-4-5-6-13-18-22-19-21(16-11-8-12-17-21)20-14-9-7-10-15-20;/h7-12,14-16,22H,2-6,13,17-19H2,1H3;1H. The summed E-state index contributed by atoms with van der Waals surface area (Å²) in [5, 5.41) is 3.70. The van der Waals surface area contributed by atoms with Crippen LogP contribution in [0.3, 0.4) is 0 Å². The molecular formula is C21H32ClN. The Morgan fingerprint density at radius 1 is 0.957 bits per heavy atom. The molecule has 2 rings (SSSR count). The molecule has 128 valence electrons. The molecule has 0 spiro atoms. The van der Waals surface area contributed by atoms with Gasteiger partial charge >= 0.3 is 0 Å². The average Bonchev–Trinajstić information content (AvgIpc) is 2.59. The van der Waals surface area contributed by atoms with Gasteiger partial charge in [-0.15, -0.1) is 12.4 Å². The van der Waals surface area contributed by atoms with Crippen LogP contribution in [-0.4, -0.2) is 13.1 Å². The first kappa shape index (κ1) is 20.0. The molecule has 2 heteroatoms. The fraction of sp³-hybridized carbons (Fsp3) is 0.524. The van der Waals surface area contributed by atoms with Crippen molar-refractivity contribution in [3.63, 3.8) is 0 Å². The second kappa shape index (κ2) is 11.5. The average molecular weight is 334 g/mol. The summed E-state index contributed by atoms with van der Waals surface area (Å²) >= 11 is 0. The van der Waals surface area contributed by atoms with Crippen LogP contribution >= 0.6 is 12.4 Å². The Morgan fingerprint density at radius 2 is 1.70 bits per heavy atom. The van der Waals surface area contributed by atoms with Crippen LogP contribution in [0.2, 0.25) is 0 Å². The second-order valence-electron chi connectivity index (χ2n) is 6.46. The summed E-state index contributed by atoms with van der Waals surface area (Å²) < 4.78 is 0. The number of hydrogen-bond acceptors (Lipinski definition) is 1. The van der Waals surface area contributed by atoms with Gasteiger partial charge in [0, 0.05) is 12.0 Å². The monoisotopic (exact) mass is 333 g/mol. The summed E-state index contributed by atoms with van der Waals surface area (Å²) in [4.78, 5) is 0. The first-order chi connectivity index (χ1) is 10.9. The zero-order chi connectivity index (χ0) is 15.5. The number of nitrogens with one attached hydrogen (secondary N) is 1. The van der Waals surface area contributed by atoms with E-state index in [-0.39, 0.29) is 17.8 Å². The molecule has 1 aromatic carbocycles. The molecule has 0 radical (unpaired) electrons. The molecule has 1 aliphatic rings. The van der Waals surface area contributed by atoms with Gasteiger partial charge in [-0.05, 0) is 24.9 Å². The van der Waals surface area contributed by atoms with Gasteiger partial charge in [-0.3, -0.25) is 0 Å². The van der Waals surface area contributed by atoms with Gasteiger partial charge in [-0.1, -0.05) is 93.7 Å². The van der Waals surface area contributed by atoms with Gasteiger partial charge in [0.15, 0.2) is 0 Å². The molecule has 0 fully saturated rings. The molecule has 1 N–H and O–H groups in total. The van der Waals surface area contributed by atoms with E-state index in [0.29, 0.717) is 0 Å². The molecule has 0 aliphatic heterocycles. The van der Waals surface area contributed by atoms with E-state index in [0.717, 1.165) is 19.5 Å². The maximum Gasteiger partial charge on any atom is 0.0294 e. The molecule has 0 saturated heterocycles. The maximum absolute atomic E-state index is 3.70. The quantitative estimate of drug-likeness (QED) is 0.532. The van der Waals surface area contributed by atoms with Crippen molar-refractivity contribution in [2.24, 2.45) is 0 Å². The minimum absolute atomic E-state index is 0. The minimum Gasteiger partial charge on any atom is -0.316 e. The molecule has 1 atom stereocenters. The Hall–Kier alpha value is -1.05. The number of benzene rings is 1. The lowest BCUT2D eigenvalue weighted by molar-refractivity contribution is 0.469. The van der Waals surface area contributed by atoms with E-state index in [1.54, 1.807) is 0 Å². The number of hydrogen-bond donors (Lipinski definition) is 1. The zero-order valence-electron chi connectivity index (χ0n) is 14.5. The van der Waals surface area contributed by atoms with Crippen LogP contribution in [0.25, 0.3) is 0 Å². The third kappa shape index (κ3) is 6.53. The fourth-order valence-electron chi connectivity index (χ4n) is 3.22. The smallest absolute Gasteiger partial charge is 0.0294 e. The van der Waals surface area contributed by atoms with Gasteiger partial charge in [-0.2, -0.15) is 0 Å². The van der Waals surface area contributed by atoms with Crippen LogP contribution in [0.1, 0.15) is 57.4 Å². The van der Waals surface area contributed by atoms with Crippen LogP contribution in [0, 0.1) is 0 Å². The van der Waals surface area contributed by atoms with Crippen molar-refractivity contribution in [2.45, 2.75) is 57.3 Å². The molecule has 1 nitrogen and oxygen atoms in total. The van der Waals surface area contributed by atoms with Crippen molar-refractivity contribution < 1.29 is 0 Å². The molecule has 0 bridgehead atoms. The van der Waals surface area contributed by atoms with Crippen molar-refractivity contribution in [2.75, 3.05) is 13.1 Å². The molecule has 23 heavy (non-hydrogen) atoms. The SMILES string of the molecule is CCCCCCCCNCC1(c2ccccc2)C=CC=CC1.Cl. The largest absolute Gasteiger partial charge is 0.316 e. The Balaban J connectivity index is 0.00000264. The lowest BCUT2D eigenvalue weighted by atomic mass is 9.75. The Morgan fingerprint density at radius 3 is 2.39 bits per heavy atom. The fourth-order valence-corrected chi connectivity index (χ4v) is 3.22. The lowest BCUT2D eigenvalue weighted by Gasteiger charge is -2.32. The normalized spacial score (nSPS) is 19.5. The molecule has 0 saturated carbocycles. The summed E-state index contributed by atoms with van der Waals surface area (Å²) in [5.41, 5.74) is 1.56. The molecule has 1 aliphatic carbocycles. The summed E-state index contributed by atoms with van der Waals surface area (Å²) in [6.45, 7) is 4.45. The highest BCUT2D eigenvalue weighted by molar-refractivity contribution is 5.85. The number of rotatable bonds is 10. The van der Waals surface area contributed by atoms with Gasteiger partial charge in [0.2, 0.25) is 0 Å². The van der Waals surface area contributed by atoms with Crippen molar-refractivity contribution in [1.82, 2.24) is 5.32 Å². The van der Waals surface area contributed by atoms with Gasteiger partial charge in [0.25, 0.3) is 0 Å². The van der Waals surface area contributed by atoms with E-state index >= 15 is 0 Å². The summed E-state index contributed by atoms with van der Waals surface area (Å²) in [7, 11) is 0. The minimum atomic E-state index is 0. The van der Waals surface area contributed by atoms with E-state index in [2.05, 4.69) is 66.9 Å². The van der Waals surface area contributed by atoms with Crippen LogP contribution in [0.15, 0.2) is 54.6 Å². The van der Waals surface area contributed by atoms with E-state index in [4.69, 9.17) is 0 Å². The molecule has 1 unspecified atom stereocenters. The van der Waals surface area contributed by atoms with Crippen molar-refractivity contribution >= 4 is 12.4 Å². The highest BCUT2D eigenvalue weighted by atomic mass is 35.5. The van der Waals surface area contributed by atoms with Gasteiger partial charge in [0.05, 0.1) is 0 Å². The van der Waals surface area contributed by atoms with E-state index in [1.165, 1.54) is 44.1 Å². The van der Waals surface area contributed by atoms with Crippen molar-refractivity contribution in [3.05, 3.63) is 60.2 Å². The second-order valence-corrected chi connectivity index (χ2v) is 6.46. The number of halogens is 1. The zero-order valence-corrected chi connectivity index (χ0v) is 15.3. The van der Waals surface area contributed by atoms with E-state index < -0.39 is 0 Å². The third-order valence-corrected chi connectivity index (χ3v) is 4.64. The Bertz CT molecular complexity index is 466. The van der Waals surface area contributed by atoms with Crippen LogP contribution < -0.4 is 5.32 Å². The first-order valence-corrected chi connectivity index (χ1v) is 8.98. The summed E-state index contributed by atoms with van der Waals surface area (Å²) in [6.07, 6.45) is 18.3. The van der Waals surface area contributed by atoms with Crippen LogP contribution in [0.5, 0.6) is 0 Å². The highest BCUT2D eigenvalue weighted by Crippen LogP contribution is 2.32. The van der Waals surface area contributed by atoms with Gasteiger partial charge < -0.3 is 5.32 Å². The van der Waals surface area contributed by atoms with Crippen LogP contribution in [-0.2, 0) is 5.41 Å². The lowest BCUT2D eigenvalue weighted by Crippen LogP contribution is -2.37. The summed E-state index contributed by atoms with van der Waals surface area (Å²) in [6, 6.07) is 10.9. The maximum atomic E-state index is 3.70. The predicted octanol–water partition coefficient (Wildman–Crippen LogP) is 5.81. The van der Waals surface area contributed by atoms with Gasteiger partial charge in [-0.25, -0.2) is 0 Å². The highest BCUT2D eigenvalue weighted by Gasteiger charge is 2.28. The third-order valence-electron chi connectivity index (χ3n) is 4.64. The van der Waals surface area contributed by atoms with E-state index in [9.17, 15) is 0 Å². The van der Waals surface area contributed by atoms with Crippen molar-refractivity contribution in [1.29, 1.82) is 0 Å². The predicted molar refractivity (Wildman–Crippen MR) is 105 cm³/mol. The first-order valence-electron chi connectivity index (χ1n) is 8.98. The Kier molecular flexibility index (Phi) is 9.98. The Labute approximate surface area is 148 Å². The molecule has 0 amide bonds. The van der Waals surface area contributed by atoms with Gasteiger partial charge in [0.1, 0.15) is 0 Å². The molecular weight excluding hydrogens is 302 g/mol. The van der Waals surface area contributed by atoms with E-state index in [1.807, 2.05) is 0 Å². The molecule has 0 heterocycles. The van der Waals surface area contributed by atoms with Crippen LogP contribution in [0.4, 0.5) is 0 Å². The molecule has 1 aromatic rings. The summed E-state index contributed by atoms with van der Waals surface area (Å²) in [5.74, 6) is 0. The molecule has 0 aromatic heterocycles. The number of unbranched alkanes of at least 4 members (excludes halogenated alkanes) is 5. The van der Waals surface area contributed by atoms with Crippen molar-refractivity contribution in [3.8, 4) is 0 Å².